The number of nitrogens with zero attached hydrogens (tertiary/aromatic N) is 2. The van der Waals surface area contributed by atoms with Gasteiger partial charge in [0, 0.05) is 31.4 Å². The van der Waals surface area contributed by atoms with Crippen LogP contribution < -0.4 is 11.1 Å². The van der Waals surface area contributed by atoms with Crippen molar-refractivity contribution in [3.63, 3.8) is 0 Å². The maximum Gasteiger partial charge on any atom is 0.320 e. The quantitative estimate of drug-likeness (QED) is 0.624. The summed E-state index contributed by atoms with van der Waals surface area (Å²) in [5.41, 5.74) is 7.36. The lowest BCUT2D eigenvalue weighted by Crippen LogP contribution is -2.43. The Balaban J connectivity index is 2.00. The average Bonchev–Trinajstić information content (AvgIpc) is 2.28. The average molecular weight is 222 g/mol. The van der Waals surface area contributed by atoms with Crippen molar-refractivity contribution in [2.45, 2.75) is 31.5 Å². The van der Waals surface area contributed by atoms with Gasteiger partial charge in [-0.05, 0) is 6.42 Å². The standard InChI is InChI=1S/C10H14N4O2/c11-7(10(15)16)3-6-4-8-9(5-14-6)13-2-1-12-8/h1-2,6-7,14H,3-5,11H2,(H,15,16). The van der Waals surface area contributed by atoms with Gasteiger partial charge in [0.15, 0.2) is 0 Å². The molecule has 2 heterocycles. The van der Waals surface area contributed by atoms with Crippen LogP contribution in [-0.2, 0) is 17.8 Å². The highest BCUT2D eigenvalue weighted by atomic mass is 16.4. The van der Waals surface area contributed by atoms with Gasteiger partial charge >= 0.3 is 5.97 Å². The van der Waals surface area contributed by atoms with Gasteiger partial charge < -0.3 is 16.2 Å². The number of rotatable bonds is 3. The number of hydrogen-bond acceptors (Lipinski definition) is 5. The zero-order chi connectivity index (χ0) is 11.5. The summed E-state index contributed by atoms with van der Waals surface area (Å²) in [6.45, 7) is 0.625. The minimum atomic E-state index is -0.966. The Bertz CT molecular complexity index is 396. The Morgan fingerprint density at radius 3 is 2.94 bits per heavy atom. The molecule has 0 aliphatic carbocycles. The molecule has 0 aromatic carbocycles. The van der Waals surface area contributed by atoms with Crippen LogP contribution in [0.1, 0.15) is 17.8 Å². The molecule has 0 amide bonds. The van der Waals surface area contributed by atoms with Gasteiger partial charge in [0.1, 0.15) is 6.04 Å². The molecule has 0 fully saturated rings. The molecule has 16 heavy (non-hydrogen) atoms. The molecule has 1 aliphatic rings. The molecule has 4 N–H and O–H groups in total. The van der Waals surface area contributed by atoms with E-state index in [0.29, 0.717) is 19.4 Å². The molecule has 0 radical (unpaired) electrons. The zero-order valence-electron chi connectivity index (χ0n) is 8.76. The molecule has 6 nitrogen and oxygen atoms in total. The van der Waals surface area contributed by atoms with Crippen molar-refractivity contribution in [1.82, 2.24) is 15.3 Å². The first-order chi connectivity index (χ1) is 7.66. The molecule has 0 spiro atoms. The van der Waals surface area contributed by atoms with E-state index < -0.39 is 12.0 Å². The first kappa shape index (κ1) is 11.0. The second-order valence-corrected chi connectivity index (χ2v) is 3.91. The zero-order valence-corrected chi connectivity index (χ0v) is 8.76. The highest BCUT2D eigenvalue weighted by Crippen LogP contribution is 2.14. The second-order valence-electron chi connectivity index (χ2n) is 3.91. The second kappa shape index (κ2) is 4.54. The van der Waals surface area contributed by atoms with Gasteiger partial charge in [0.25, 0.3) is 0 Å². The fourth-order valence-electron chi connectivity index (χ4n) is 1.83. The number of aliphatic carboxylic acids is 1. The van der Waals surface area contributed by atoms with Gasteiger partial charge in [0.2, 0.25) is 0 Å². The van der Waals surface area contributed by atoms with Crippen LogP contribution in [0.2, 0.25) is 0 Å². The molecule has 2 rings (SSSR count). The maximum atomic E-state index is 10.6. The van der Waals surface area contributed by atoms with E-state index in [1.807, 2.05) is 0 Å². The fourth-order valence-corrected chi connectivity index (χ4v) is 1.83. The van der Waals surface area contributed by atoms with Gasteiger partial charge in [-0.3, -0.25) is 14.8 Å². The van der Waals surface area contributed by atoms with Crippen molar-refractivity contribution in [3.05, 3.63) is 23.8 Å². The van der Waals surface area contributed by atoms with Crippen LogP contribution in [0.25, 0.3) is 0 Å². The molecule has 1 aromatic heterocycles. The third-order valence-corrected chi connectivity index (χ3v) is 2.71. The topological polar surface area (TPSA) is 101 Å². The minimum absolute atomic E-state index is 0.0651. The Labute approximate surface area is 92.9 Å². The molecule has 6 heteroatoms. The lowest BCUT2D eigenvalue weighted by atomic mass is 9.98. The summed E-state index contributed by atoms with van der Waals surface area (Å²) >= 11 is 0. The number of hydrogen-bond donors (Lipinski definition) is 3. The van der Waals surface area contributed by atoms with E-state index in [2.05, 4.69) is 15.3 Å². The number of aromatic nitrogens is 2. The molecular weight excluding hydrogens is 208 g/mol. The van der Waals surface area contributed by atoms with E-state index in [0.717, 1.165) is 11.4 Å². The number of carboxylic acids is 1. The largest absolute Gasteiger partial charge is 0.480 e. The fraction of sp³-hybridized carbons (Fsp3) is 0.500. The number of nitrogens with two attached hydrogens (primary N) is 1. The highest BCUT2D eigenvalue weighted by Gasteiger charge is 2.23. The lowest BCUT2D eigenvalue weighted by molar-refractivity contribution is -0.138. The number of carboxylic acid groups (broad SMARTS) is 1. The van der Waals surface area contributed by atoms with Crippen LogP contribution in [-0.4, -0.2) is 33.1 Å². The van der Waals surface area contributed by atoms with Crippen molar-refractivity contribution in [2.24, 2.45) is 5.73 Å². The Hall–Kier alpha value is -1.53. The van der Waals surface area contributed by atoms with Crippen molar-refractivity contribution in [3.8, 4) is 0 Å². The summed E-state index contributed by atoms with van der Waals surface area (Å²) in [5, 5.41) is 11.9. The Kier molecular flexibility index (Phi) is 3.12. The van der Waals surface area contributed by atoms with Crippen molar-refractivity contribution in [1.29, 1.82) is 0 Å². The monoisotopic (exact) mass is 222 g/mol. The van der Waals surface area contributed by atoms with Crippen LogP contribution in [0.5, 0.6) is 0 Å². The third kappa shape index (κ3) is 2.34. The lowest BCUT2D eigenvalue weighted by Gasteiger charge is -2.25. The molecule has 86 valence electrons. The first-order valence-corrected chi connectivity index (χ1v) is 5.17. The molecule has 0 bridgehead atoms. The normalized spacial score (nSPS) is 21.2. The summed E-state index contributed by atoms with van der Waals surface area (Å²) < 4.78 is 0. The van der Waals surface area contributed by atoms with Crippen LogP contribution in [0.15, 0.2) is 12.4 Å². The van der Waals surface area contributed by atoms with E-state index in [1.54, 1.807) is 12.4 Å². The maximum absolute atomic E-state index is 10.6. The van der Waals surface area contributed by atoms with E-state index >= 15 is 0 Å². The summed E-state index contributed by atoms with van der Waals surface area (Å²) in [6, 6.07) is -0.758. The van der Waals surface area contributed by atoms with Crippen LogP contribution in [0.3, 0.4) is 0 Å². The van der Waals surface area contributed by atoms with E-state index in [-0.39, 0.29) is 6.04 Å². The van der Waals surface area contributed by atoms with Gasteiger partial charge in [-0.2, -0.15) is 0 Å². The van der Waals surface area contributed by atoms with E-state index in [9.17, 15) is 4.79 Å². The van der Waals surface area contributed by atoms with Gasteiger partial charge in [-0.15, -0.1) is 0 Å². The van der Waals surface area contributed by atoms with Crippen molar-refractivity contribution >= 4 is 5.97 Å². The third-order valence-electron chi connectivity index (χ3n) is 2.71. The van der Waals surface area contributed by atoms with Crippen molar-refractivity contribution in [2.75, 3.05) is 0 Å². The summed E-state index contributed by atoms with van der Waals surface area (Å²) in [4.78, 5) is 19.1. The summed E-state index contributed by atoms with van der Waals surface area (Å²) in [7, 11) is 0. The Morgan fingerprint density at radius 2 is 2.25 bits per heavy atom. The molecule has 2 atom stereocenters. The smallest absolute Gasteiger partial charge is 0.320 e. The Morgan fingerprint density at radius 1 is 1.56 bits per heavy atom. The number of nitrogens with one attached hydrogen (secondary N) is 1. The predicted molar refractivity (Wildman–Crippen MR) is 56.6 cm³/mol. The van der Waals surface area contributed by atoms with Crippen molar-refractivity contribution < 1.29 is 9.90 Å². The predicted octanol–water partition coefficient (Wildman–Crippen LogP) is -0.707. The molecular formula is C10H14N4O2. The van der Waals surface area contributed by atoms with Gasteiger partial charge in [-0.25, -0.2) is 0 Å². The van der Waals surface area contributed by atoms with Crippen LogP contribution in [0, 0.1) is 0 Å². The first-order valence-electron chi connectivity index (χ1n) is 5.17. The van der Waals surface area contributed by atoms with Gasteiger partial charge in [-0.1, -0.05) is 0 Å². The number of fused-ring (bicyclic) bond motifs is 1. The van der Waals surface area contributed by atoms with Crippen LogP contribution >= 0.6 is 0 Å². The number of carbonyl (C=O) groups is 1. The molecule has 1 aliphatic heterocycles. The highest BCUT2D eigenvalue weighted by molar-refractivity contribution is 5.73. The minimum Gasteiger partial charge on any atom is -0.480 e. The molecule has 2 unspecified atom stereocenters. The molecule has 1 aromatic rings. The summed E-state index contributed by atoms with van der Waals surface area (Å²) in [6.07, 6.45) is 4.40. The molecule has 0 saturated carbocycles. The van der Waals surface area contributed by atoms with Crippen LogP contribution in [0.4, 0.5) is 0 Å². The summed E-state index contributed by atoms with van der Waals surface area (Å²) in [5.74, 6) is -0.966. The van der Waals surface area contributed by atoms with Gasteiger partial charge in [0.05, 0.1) is 11.4 Å². The van der Waals surface area contributed by atoms with E-state index in [4.69, 9.17) is 10.8 Å². The SMILES string of the molecule is NC(CC1Cc2nccnc2CN1)C(=O)O. The molecule has 0 saturated heterocycles. The van der Waals surface area contributed by atoms with E-state index in [1.165, 1.54) is 0 Å².